The van der Waals surface area contributed by atoms with Crippen LogP contribution in [0.2, 0.25) is 15.1 Å². The molecule has 2 aromatic carbocycles. The van der Waals surface area contributed by atoms with E-state index in [0.717, 1.165) is 6.07 Å². The van der Waals surface area contributed by atoms with Crippen molar-refractivity contribution in [1.82, 2.24) is 5.32 Å². The van der Waals surface area contributed by atoms with Crippen LogP contribution in [0.4, 0.5) is 5.69 Å². The van der Waals surface area contributed by atoms with Gasteiger partial charge in [0.15, 0.2) is 0 Å². The lowest BCUT2D eigenvalue weighted by molar-refractivity contribution is -0.384. The molecule has 0 aromatic heterocycles. The fourth-order valence-electron chi connectivity index (χ4n) is 2.01. The van der Waals surface area contributed by atoms with E-state index >= 15 is 0 Å². The molecule has 2 rings (SSSR count). The quantitative estimate of drug-likeness (QED) is 0.602. The van der Waals surface area contributed by atoms with Crippen LogP contribution in [0.5, 0.6) is 0 Å². The van der Waals surface area contributed by atoms with Crippen LogP contribution in [0, 0.1) is 10.1 Å². The molecule has 0 unspecified atom stereocenters. The molecule has 0 aliphatic heterocycles. The van der Waals surface area contributed by atoms with E-state index in [2.05, 4.69) is 5.32 Å². The molecule has 0 saturated carbocycles. The first-order valence-electron chi connectivity index (χ1n) is 6.49. The van der Waals surface area contributed by atoms with Gasteiger partial charge in [0.25, 0.3) is 11.6 Å². The topological polar surface area (TPSA) is 72.2 Å². The number of nitrogens with one attached hydrogen (secondary N) is 1. The molecule has 0 saturated heterocycles. The number of halogens is 3. The summed E-state index contributed by atoms with van der Waals surface area (Å²) in [4.78, 5) is 22.4. The Labute approximate surface area is 147 Å². The Hall–Kier alpha value is -1.82. The van der Waals surface area contributed by atoms with Gasteiger partial charge in [-0.3, -0.25) is 14.9 Å². The molecular weight excluding hydrogens is 363 g/mol. The molecule has 0 radical (unpaired) electrons. The van der Waals surface area contributed by atoms with Crippen molar-refractivity contribution in [3.63, 3.8) is 0 Å². The highest BCUT2D eigenvalue weighted by Crippen LogP contribution is 2.27. The Bertz CT molecular complexity index is 781. The Morgan fingerprint density at radius 3 is 2.39 bits per heavy atom. The predicted octanol–water partition coefficient (Wildman–Crippen LogP) is 5.05. The van der Waals surface area contributed by atoms with Crippen molar-refractivity contribution in [2.75, 3.05) is 0 Å². The standard InChI is InChI=1S/C15H11Cl3N2O3/c1-8(11-4-2-9(16)6-13(11)17)19-15(21)12-5-3-10(20(22)23)7-14(12)18/h2-8H,1H3,(H,19,21)/t8-/m0/s1. The number of nitro groups is 1. The number of nitrogens with zero attached hydrogens (tertiary/aromatic N) is 1. The van der Waals surface area contributed by atoms with Crippen LogP contribution in [-0.2, 0) is 0 Å². The molecule has 0 aliphatic rings. The molecule has 8 heteroatoms. The Kier molecular flexibility index (Phi) is 5.46. The van der Waals surface area contributed by atoms with Crippen molar-refractivity contribution in [1.29, 1.82) is 0 Å². The smallest absolute Gasteiger partial charge is 0.270 e. The molecule has 1 atom stereocenters. The van der Waals surface area contributed by atoms with Crippen molar-refractivity contribution >= 4 is 46.4 Å². The molecule has 0 heterocycles. The van der Waals surface area contributed by atoms with E-state index in [4.69, 9.17) is 34.8 Å². The number of carbonyl (C=O) groups excluding carboxylic acids is 1. The predicted molar refractivity (Wildman–Crippen MR) is 90.4 cm³/mol. The average Bonchev–Trinajstić information content (AvgIpc) is 2.46. The molecule has 1 amide bonds. The van der Waals surface area contributed by atoms with Crippen LogP contribution in [0.25, 0.3) is 0 Å². The first kappa shape index (κ1) is 17.5. The lowest BCUT2D eigenvalue weighted by Crippen LogP contribution is -2.27. The minimum absolute atomic E-state index is 0.00565. The van der Waals surface area contributed by atoms with Gasteiger partial charge in [-0.2, -0.15) is 0 Å². The highest BCUT2D eigenvalue weighted by Gasteiger charge is 2.18. The highest BCUT2D eigenvalue weighted by molar-refractivity contribution is 6.35. The Morgan fingerprint density at radius 1 is 1.13 bits per heavy atom. The molecule has 1 N–H and O–H groups in total. The zero-order chi connectivity index (χ0) is 17.1. The lowest BCUT2D eigenvalue weighted by Gasteiger charge is -2.16. The fraction of sp³-hybridized carbons (Fsp3) is 0.133. The van der Waals surface area contributed by atoms with Crippen LogP contribution in [0.3, 0.4) is 0 Å². The number of nitro benzene ring substituents is 1. The molecule has 2 aromatic rings. The van der Waals surface area contributed by atoms with Gasteiger partial charge in [0.1, 0.15) is 0 Å². The van der Waals surface area contributed by atoms with Gasteiger partial charge >= 0.3 is 0 Å². The monoisotopic (exact) mass is 372 g/mol. The minimum atomic E-state index is -0.580. The van der Waals surface area contributed by atoms with Crippen molar-refractivity contribution in [2.24, 2.45) is 0 Å². The number of benzene rings is 2. The van der Waals surface area contributed by atoms with Gasteiger partial charge in [-0.15, -0.1) is 0 Å². The van der Waals surface area contributed by atoms with Crippen LogP contribution in [0.15, 0.2) is 36.4 Å². The van der Waals surface area contributed by atoms with Crippen molar-refractivity contribution < 1.29 is 9.72 Å². The number of carbonyl (C=O) groups is 1. The zero-order valence-corrected chi connectivity index (χ0v) is 14.1. The van der Waals surface area contributed by atoms with Crippen LogP contribution in [0.1, 0.15) is 28.9 Å². The molecule has 23 heavy (non-hydrogen) atoms. The fourth-order valence-corrected chi connectivity index (χ4v) is 2.84. The van der Waals surface area contributed by atoms with E-state index in [9.17, 15) is 14.9 Å². The summed E-state index contributed by atoms with van der Waals surface area (Å²) in [6.07, 6.45) is 0. The van der Waals surface area contributed by atoms with Crippen molar-refractivity contribution in [3.8, 4) is 0 Å². The number of rotatable bonds is 4. The third kappa shape index (κ3) is 4.13. The summed E-state index contributed by atoms with van der Waals surface area (Å²) < 4.78 is 0. The molecule has 5 nitrogen and oxygen atoms in total. The lowest BCUT2D eigenvalue weighted by atomic mass is 10.1. The largest absolute Gasteiger partial charge is 0.345 e. The summed E-state index contributed by atoms with van der Waals surface area (Å²) in [7, 11) is 0. The maximum atomic E-state index is 12.3. The molecule has 0 fully saturated rings. The number of amides is 1. The summed E-state index contributed by atoms with van der Waals surface area (Å²) in [5.74, 6) is -0.455. The third-order valence-electron chi connectivity index (χ3n) is 3.18. The van der Waals surface area contributed by atoms with Gasteiger partial charge in [0, 0.05) is 22.2 Å². The van der Waals surface area contributed by atoms with Gasteiger partial charge in [0.2, 0.25) is 0 Å². The van der Waals surface area contributed by atoms with Gasteiger partial charge in [-0.25, -0.2) is 0 Å². The van der Waals surface area contributed by atoms with Crippen molar-refractivity contribution in [2.45, 2.75) is 13.0 Å². The van der Waals surface area contributed by atoms with E-state index in [1.165, 1.54) is 12.1 Å². The van der Waals surface area contributed by atoms with Crippen LogP contribution >= 0.6 is 34.8 Å². The van der Waals surface area contributed by atoms with Gasteiger partial charge in [0.05, 0.1) is 21.6 Å². The third-order valence-corrected chi connectivity index (χ3v) is 4.06. The highest BCUT2D eigenvalue weighted by atomic mass is 35.5. The SMILES string of the molecule is C[C@H](NC(=O)c1ccc([N+](=O)[O-])cc1Cl)c1ccc(Cl)cc1Cl. The van der Waals surface area contributed by atoms with E-state index in [0.29, 0.717) is 15.6 Å². The normalized spacial score (nSPS) is 11.8. The van der Waals surface area contributed by atoms with Crippen LogP contribution in [-0.4, -0.2) is 10.8 Å². The van der Waals surface area contributed by atoms with E-state index in [-0.39, 0.29) is 16.3 Å². The first-order chi connectivity index (χ1) is 10.8. The van der Waals surface area contributed by atoms with E-state index in [1.54, 1.807) is 25.1 Å². The molecule has 0 spiro atoms. The minimum Gasteiger partial charge on any atom is -0.345 e. The summed E-state index contributed by atoms with van der Waals surface area (Å²) in [6.45, 7) is 1.76. The molecule has 120 valence electrons. The van der Waals surface area contributed by atoms with E-state index < -0.39 is 16.9 Å². The van der Waals surface area contributed by atoms with Gasteiger partial charge < -0.3 is 5.32 Å². The molecule has 0 aliphatic carbocycles. The van der Waals surface area contributed by atoms with Crippen molar-refractivity contribution in [3.05, 3.63) is 72.7 Å². The van der Waals surface area contributed by atoms with Gasteiger partial charge in [-0.05, 0) is 30.7 Å². The number of non-ortho nitro benzene ring substituents is 1. The molecule has 0 bridgehead atoms. The van der Waals surface area contributed by atoms with Gasteiger partial charge in [-0.1, -0.05) is 40.9 Å². The molecular formula is C15H11Cl3N2O3. The van der Waals surface area contributed by atoms with Crippen LogP contribution < -0.4 is 5.32 Å². The second-order valence-electron chi connectivity index (χ2n) is 4.78. The first-order valence-corrected chi connectivity index (χ1v) is 7.62. The maximum Gasteiger partial charge on any atom is 0.270 e. The zero-order valence-electron chi connectivity index (χ0n) is 11.8. The Morgan fingerprint density at radius 2 is 1.83 bits per heavy atom. The number of hydrogen-bond acceptors (Lipinski definition) is 3. The Balaban J connectivity index is 2.20. The average molecular weight is 374 g/mol. The summed E-state index contributed by atoms with van der Waals surface area (Å²) in [5.41, 5.74) is 0.664. The summed E-state index contributed by atoms with van der Waals surface area (Å²) in [5, 5.41) is 14.4. The summed E-state index contributed by atoms with van der Waals surface area (Å²) in [6, 6.07) is 8.25. The number of hydrogen-bond donors (Lipinski definition) is 1. The summed E-state index contributed by atoms with van der Waals surface area (Å²) >= 11 is 17.9. The second-order valence-corrected chi connectivity index (χ2v) is 6.03. The second kappa shape index (κ2) is 7.17. The van der Waals surface area contributed by atoms with E-state index in [1.807, 2.05) is 0 Å². The maximum absolute atomic E-state index is 12.3.